The minimum Gasteiger partial charge on any atom is -0.465 e. The van der Waals surface area contributed by atoms with Crippen LogP contribution < -0.4 is 0 Å². The molecule has 0 saturated carbocycles. The van der Waals surface area contributed by atoms with Gasteiger partial charge in [-0.3, -0.25) is 4.79 Å². The highest BCUT2D eigenvalue weighted by molar-refractivity contribution is 6.07. The van der Waals surface area contributed by atoms with Crippen molar-refractivity contribution in [3.05, 3.63) is 82.3 Å². The third-order valence-corrected chi connectivity index (χ3v) is 7.44. The van der Waals surface area contributed by atoms with Gasteiger partial charge in [0.05, 0.1) is 18.4 Å². The molecule has 0 N–H and O–H groups in total. The summed E-state index contributed by atoms with van der Waals surface area (Å²) in [6.07, 6.45) is 3.41. The number of carbonyl (C=O) groups excluding carboxylic acids is 1. The van der Waals surface area contributed by atoms with E-state index < -0.39 is 0 Å². The molecular weight excluding hydrogens is 476 g/mol. The molecule has 0 unspecified atom stereocenters. The number of hydrogen-bond donors (Lipinski definition) is 0. The highest BCUT2D eigenvalue weighted by Gasteiger charge is 2.29. The zero-order valence-corrected chi connectivity index (χ0v) is 21.9. The van der Waals surface area contributed by atoms with Gasteiger partial charge in [0.15, 0.2) is 5.65 Å². The zero-order valence-electron chi connectivity index (χ0n) is 21.9. The van der Waals surface area contributed by atoms with Crippen molar-refractivity contribution < 1.29 is 9.53 Å². The van der Waals surface area contributed by atoms with Crippen LogP contribution in [0.2, 0.25) is 0 Å². The van der Waals surface area contributed by atoms with E-state index in [-0.39, 0.29) is 12.0 Å². The number of carbonyl (C=O) groups is 1. The standard InChI is InChI=1S/C30H30N6O2/c1-4-28-33-29-18(2)15-22(13-14-38-19(3)37)32-30(29)36(28)27-12-10-21-16-20(9-11-24(21)27)23-7-5-6-8-25(23)26-17-31-35-34-26/h5-9,11,15-16,27H,4,10,12-14,17H2,1-3H3/t27-/m0/s1. The molecule has 2 aromatic carbocycles. The molecule has 0 bridgehead atoms. The van der Waals surface area contributed by atoms with E-state index in [1.165, 1.54) is 23.6 Å². The van der Waals surface area contributed by atoms with Crippen LogP contribution in [0.4, 0.5) is 0 Å². The summed E-state index contributed by atoms with van der Waals surface area (Å²) < 4.78 is 7.51. The summed E-state index contributed by atoms with van der Waals surface area (Å²) in [5.74, 6) is 0.777. The van der Waals surface area contributed by atoms with Crippen molar-refractivity contribution in [3.8, 4) is 11.1 Å². The van der Waals surface area contributed by atoms with Gasteiger partial charge in [0.1, 0.15) is 17.9 Å². The number of aromatic nitrogens is 3. The fraction of sp³-hybridized carbons (Fsp3) is 0.333. The Morgan fingerprint density at radius 1 is 1.11 bits per heavy atom. The average molecular weight is 507 g/mol. The zero-order chi connectivity index (χ0) is 26.2. The number of fused-ring (bicyclic) bond motifs is 2. The third kappa shape index (κ3) is 4.30. The molecule has 1 aliphatic carbocycles. The van der Waals surface area contributed by atoms with Crippen molar-refractivity contribution in [1.29, 1.82) is 0 Å². The molecule has 0 spiro atoms. The summed E-state index contributed by atoms with van der Waals surface area (Å²) >= 11 is 0. The van der Waals surface area contributed by atoms with Crippen molar-refractivity contribution in [1.82, 2.24) is 14.5 Å². The number of rotatable bonds is 7. The summed E-state index contributed by atoms with van der Waals surface area (Å²) in [7, 11) is 0. The maximum Gasteiger partial charge on any atom is 0.302 e. The molecule has 3 heterocycles. The lowest BCUT2D eigenvalue weighted by atomic mass is 9.94. The molecule has 0 fully saturated rings. The summed E-state index contributed by atoms with van der Waals surface area (Å²) in [5.41, 5.74) is 10.9. The highest BCUT2D eigenvalue weighted by Crippen LogP contribution is 2.40. The summed E-state index contributed by atoms with van der Waals surface area (Å²) in [5, 5.41) is 12.1. The minimum atomic E-state index is -0.271. The predicted molar refractivity (Wildman–Crippen MR) is 147 cm³/mol. The molecule has 192 valence electrons. The van der Waals surface area contributed by atoms with Crippen molar-refractivity contribution in [2.24, 2.45) is 15.4 Å². The number of benzene rings is 2. The molecule has 6 rings (SSSR count). The Morgan fingerprint density at radius 2 is 1.95 bits per heavy atom. The van der Waals surface area contributed by atoms with E-state index in [1.54, 1.807) is 0 Å². The third-order valence-electron chi connectivity index (χ3n) is 7.44. The van der Waals surface area contributed by atoms with Gasteiger partial charge in [0.25, 0.3) is 0 Å². The Morgan fingerprint density at radius 3 is 2.71 bits per heavy atom. The van der Waals surface area contributed by atoms with Gasteiger partial charge < -0.3 is 9.30 Å². The lowest BCUT2D eigenvalue weighted by Gasteiger charge is -2.18. The van der Waals surface area contributed by atoms with Gasteiger partial charge in [-0.25, -0.2) is 9.97 Å². The van der Waals surface area contributed by atoms with Gasteiger partial charge in [0.2, 0.25) is 0 Å². The number of aryl methyl sites for hydroxylation is 3. The number of nitrogens with zero attached hydrogens (tertiary/aromatic N) is 6. The van der Waals surface area contributed by atoms with Gasteiger partial charge in [-0.15, -0.1) is 5.10 Å². The fourth-order valence-electron chi connectivity index (χ4n) is 5.70. The molecule has 1 aliphatic heterocycles. The van der Waals surface area contributed by atoms with Gasteiger partial charge in [-0.2, -0.15) is 5.11 Å². The first-order chi connectivity index (χ1) is 18.5. The molecule has 8 heteroatoms. The Kier molecular flexibility index (Phi) is 6.31. The van der Waals surface area contributed by atoms with Crippen molar-refractivity contribution in [2.45, 2.75) is 52.5 Å². The Hall–Kier alpha value is -4.20. The average Bonchev–Trinajstić information content (AvgIpc) is 3.67. The lowest BCUT2D eigenvalue weighted by Crippen LogP contribution is -2.12. The molecular formula is C30H30N6O2. The van der Waals surface area contributed by atoms with E-state index in [0.29, 0.717) is 19.6 Å². The normalized spacial score (nSPS) is 16.2. The number of imidazole rings is 1. The SMILES string of the molecule is CCc1nc2c(C)cc(CCOC(C)=O)nc2n1[C@H]1CCc2cc(-c3ccccc3C3=NN=NC3)ccc21. The number of hydrogen-bond acceptors (Lipinski definition) is 7. The molecule has 2 aliphatic rings. The minimum absolute atomic E-state index is 0.182. The molecule has 0 radical (unpaired) electrons. The summed E-state index contributed by atoms with van der Waals surface area (Å²) in [6, 6.07) is 17.4. The van der Waals surface area contributed by atoms with E-state index in [4.69, 9.17) is 14.7 Å². The van der Waals surface area contributed by atoms with Crippen molar-refractivity contribution in [3.63, 3.8) is 0 Å². The van der Waals surface area contributed by atoms with Crippen LogP contribution in [0.1, 0.15) is 60.1 Å². The molecule has 2 aromatic heterocycles. The molecule has 8 nitrogen and oxygen atoms in total. The molecule has 4 aromatic rings. The maximum atomic E-state index is 11.2. The molecule has 0 amide bonds. The van der Waals surface area contributed by atoms with Gasteiger partial charge >= 0.3 is 5.97 Å². The Bertz CT molecular complexity index is 1620. The summed E-state index contributed by atoms with van der Waals surface area (Å²) in [6.45, 7) is 6.51. The van der Waals surface area contributed by atoms with Crippen LogP contribution >= 0.6 is 0 Å². The van der Waals surface area contributed by atoms with Crippen LogP contribution in [-0.4, -0.2) is 39.4 Å². The van der Waals surface area contributed by atoms with Crippen LogP contribution in [0.3, 0.4) is 0 Å². The van der Waals surface area contributed by atoms with E-state index in [9.17, 15) is 4.79 Å². The molecule has 1 atom stereocenters. The number of esters is 1. The number of ether oxygens (including phenoxy) is 1. The predicted octanol–water partition coefficient (Wildman–Crippen LogP) is 5.78. The summed E-state index contributed by atoms with van der Waals surface area (Å²) in [4.78, 5) is 21.3. The fourth-order valence-corrected chi connectivity index (χ4v) is 5.70. The van der Waals surface area contributed by atoms with Crippen LogP contribution in [0.5, 0.6) is 0 Å². The van der Waals surface area contributed by atoms with Gasteiger partial charge in [0, 0.05) is 31.0 Å². The molecule has 38 heavy (non-hydrogen) atoms. The second-order valence-electron chi connectivity index (χ2n) is 9.89. The van der Waals surface area contributed by atoms with E-state index >= 15 is 0 Å². The number of pyridine rings is 1. The van der Waals surface area contributed by atoms with Crippen LogP contribution in [0.25, 0.3) is 22.3 Å². The van der Waals surface area contributed by atoms with Crippen molar-refractivity contribution >= 4 is 22.8 Å². The maximum absolute atomic E-state index is 11.2. The second-order valence-corrected chi connectivity index (χ2v) is 9.89. The van der Waals surface area contributed by atoms with Gasteiger partial charge in [-0.05, 0) is 58.9 Å². The monoisotopic (exact) mass is 506 g/mol. The van der Waals surface area contributed by atoms with Crippen LogP contribution in [-0.2, 0) is 28.8 Å². The Labute approximate surface area is 221 Å². The van der Waals surface area contributed by atoms with E-state index in [2.05, 4.69) is 76.3 Å². The quantitative estimate of drug-likeness (QED) is 0.297. The highest BCUT2D eigenvalue weighted by atomic mass is 16.5. The Balaban J connectivity index is 1.38. The topological polar surface area (TPSA) is 94.1 Å². The largest absolute Gasteiger partial charge is 0.465 e. The first-order valence-corrected chi connectivity index (χ1v) is 13.2. The molecule has 0 saturated heterocycles. The van der Waals surface area contributed by atoms with Crippen LogP contribution in [0, 0.1) is 6.92 Å². The first kappa shape index (κ1) is 24.2. The lowest BCUT2D eigenvalue weighted by molar-refractivity contribution is -0.140. The smallest absolute Gasteiger partial charge is 0.302 e. The van der Waals surface area contributed by atoms with Crippen LogP contribution in [0.15, 0.2) is 64.0 Å². The van der Waals surface area contributed by atoms with E-state index in [0.717, 1.165) is 64.3 Å². The van der Waals surface area contributed by atoms with Gasteiger partial charge in [-0.1, -0.05) is 49.4 Å². The first-order valence-electron chi connectivity index (χ1n) is 13.2. The second kappa shape index (κ2) is 9.93. The van der Waals surface area contributed by atoms with E-state index in [1.807, 2.05) is 6.07 Å². The van der Waals surface area contributed by atoms with Crippen molar-refractivity contribution in [2.75, 3.05) is 13.2 Å².